The minimum absolute atomic E-state index is 0.124. The normalized spacial score (nSPS) is 21.1. The molecular weight excluding hydrogens is 280 g/mol. The Hall–Kier alpha value is -1.15. The summed E-state index contributed by atoms with van der Waals surface area (Å²) in [7, 11) is -3.66. The summed E-state index contributed by atoms with van der Waals surface area (Å²) in [5.41, 5.74) is 7.95. The number of benzene rings is 1. The standard InChI is InChI=1S/C13H20N2O4S/c1-9-5-12(14)13(6-10(9)2)20(17,18)15-3-4-19-11(7-15)8-16/h5-6,11,16H,3-4,7-8,14H2,1-2H3. The topological polar surface area (TPSA) is 92.9 Å². The summed E-state index contributed by atoms with van der Waals surface area (Å²) in [6, 6.07) is 3.27. The van der Waals surface area contributed by atoms with Crippen molar-refractivity contribution in [2.24, 2.45) is 0 Å². The number of rotatable bonds is 3. The number of hydrogen-bond donors (Lipinski definition) is 2. The van der Waals surface area contributed by atoms with Crippen molar-refractivity contribution in [1.82, 2.24) is 4.31 Å². The number of aliphatic hydroxyl groups excluding tert-OH is 1. The summed E-state index contributed by atoms with van der Waals surface area (Å²) in [6.45, 7) is 4.22. The molecule has 0 spiro atoms. The van der Waals surface area contributed by atoms with Gasteiger partial charge in [-0.25, -0.2) is 8.42 Å². The first-order valence-electron chi connectivity index (χ1n) is 6.45. The van der Waals surface area contributed by atoms with Crippen LogP contribution in [-0.4, -0.2) is 50.2 Å². The number of hydrogen-bond acceptors (Lipinski definition) is 5. The molecule has 1 fully saturated rings. The molecule has 0 radical (unpaired) electrons. The Labute approximate surface area is 119 Å². The largest absolute Gasteiger partial charge is 0.398 e. The van der Waals surface area contributed by atoms with E-state index >= 15 is 0 Å². The number of anilines is 1. The van der Waals surface area contributed by atoms with Gasteiger partial charge in [0.1, 0.15) is 4.90 Å². The Morgan fingerprint density at radius 3 is 2.70 bits per heavy atom. The summed E-state index contributed by atoms with van der Waals surface area (Å²) in [5, 5.41) is 9.11. The highest BCUT2D eigenvalue weighted by Gasteiger charge is 2.32. The first kappa shape index (κ1) is 15.2. The van der Waals surface area contributed by atoms with Crippen molar-refractivity contribution in [2.45, 2.75) is 24.8 Å². The molecule has 1 heterocycles. The number of aliphatic hydroxyl groups is 1. The highest BCUT2D eigenvalue weighted by molar-refractivity contribution is 7.89. The Bertz CT molecular complexity index is 601. The van der Waals surface area contributed by atoms with Crippen LogP contribution in [-0.2, 0) is 14.8 Å². The molecule has 7 heteroatoms. The van der Waals surface area contributed by atoms with Crippen molar-refractivity contribution in [3.8, 4) is 0 Å². The van der Waals surface area contributed by atoms with E-state index in [4.69, 9.17) is 15.6 Å². The Balaban J connectivity index is 2.37. The predicted molar refractivity (Wildman–Crippen MR) is 75.9 cm³/mol. The van der Waals surface area contributed by atoms with Crippen LogP contribution in [0.15, 0.2) is 17.0 Å². The number of sulfonamides is 1. The minimum atomic E-state index is -3.66. The molecule has 1 saturated heterocycles. The summed E-state index contributed by atoms with van der Waals surface area (Å²) in [6.07, 6.45) is -0.480. The first-order valence-corrected chi connectivity index (χ1v) is 7.89. The van der Waals surface area contributed by atoms with Crippen LogP contribution in [0.25, 0.3) is 0 Å². The van der Waals surface area contributed by atoms with E-state index < -0.39 is 16.1 Å². The molecule has 0 bridgehead atoms. The number of ether oxygens (including phenoxy) is 1. The summed E-state index contributed by atoms with van der Waals surface area (Å²) >= 11 is 0. The third-order valence-corrected chi connectivity index (χ3v) is 5.47. The van der Waals surface area contributed by atoms with E-state index in [0.717, 1.165) is 11.1 Å². The maximum Gasteiger partial charge on any atom is 0.245 e. The van der Waals surface area contributed by atoms with Crippen LogP contribution in [0.1, 0.15) is 11.1 Å². The fraction of sp³-hybridized carbons (Fsp3) is 0.538. The zero-order chi connectivity index (χ0) is 14.9. The first-order chi connectivity index (χ1) is 9.36. The maximum absolute atomic E-state index is 12.6. The van der Waals surface area contributed by atoms with Gasteiger partial charge in [0, 0.05) is 13.1 Å². The van der Waals surface area contributed by atoms with Gasteiger partial charge in [-0.3, -0.25) is 0 Å². The molecule has 2 rings (SSSR count). The Morgan fingerprint density at radius 1 is 1.40 bits per heavy atom. The molecular formula is C13H20N2O4S. The van der Waals surface area contributed by atoms with Crippen LogP contribution in [0, 0.1) is 13.8 Å². The lowest BCUT2D eigenvalue weighted by molar-refractivity contribution is -0.0304. The Kier molecular flexibility index (Phi) is 4.33. The van der Waals surface area contributed by atoms with Crippen LogP contribution in [0.3, 0.4) is 0 Å². The summed E-state index contributed by atoms with van der Waals surface area (Å²) < 4.78 is 31.9. The van der Waals surface area contributed by atoms with Crippen molar-refractivity contribution < 1.29 is 18.3 Å². The number of aryl methyl sites for hydroxylation is 2. The van der Waals surface area contributed by atoms with Crippen LogP contribution in [0.2, 0.25) is 0 Å². The average Bonchev–Trinajstić information content (AvgIpc) is 2.42. The number of morpholine rings is 1. The van der Waals surface area contributed by atoms with Gasteiger partial charge in [0.25, 0.3) is 0 Å². The highest BCUT2D eigenvalue weighted by atomic mass is 32.2. The van der Waals surface area contributed by atoms with E-state index in [2.05, 4.69) is 0 Å². The second-order valence-electron chi connectivity index (χ2n) is 5.01. The van der Waals surface area contributed by atoms with Gasteiger partial charge in [0.15, 0.2) is 0 Å². The van der Waals surface area contributed by atoms with Crippen molar-refractivity contribution in [1.29, 1.82) is 0 Å². The lowest BCUT2D eigenvalue weighted by atomic mass is 10.1. The third kappa shape index (κ3) is 2.80. The third-order valence-electron chi connectivity index (χ3n) is 3.55. The van der Waals surface area contributed by atoms with Crippen molar-refractivity contribution in [3.05, 3.63) is 23.3 Å². The quantitative estimate of drug-likeness (QED) is 0.782. The van der Waals surface area contributed by atoms with E-state index in [1.165, 1.54) is 4.31 Å². The van der Waals surface area contributed by atoms with Gasteiger partial charge in [-0.1, -0.05) is 0 Å². The number of nitrogen functional groups attached to an aromatic ring is 1. The molecule has 1 aromatic carbocycles. The second kappa shape index (κ2) is 5.69. The SMILES string of the molecule is Cc1cc(N)c(S(=O)(=O)N2CCOC(CO)C2)cc1C. The summed E-state index contributed by atoms with van der Waals surface area (Å²) in [4.78, 5) is 0.124. The Morgan fingerprint density at radius 2 is 2.05 bits per heavy atom. The van der Waals surface area contributed by atoms with Crippen LogP contribution >= 0.6 is 0 Å². The van der Waals surface area contributed by atoms with E-state index in [0.29, 0.717) is 0 Å². The van der Waals surface area contributed by atoms with E-state index in [1.54, 1.807) is 12.1 Å². The smallest absolute Gasteiger partial charge is 0.245 e. The van der Waals surface area contributed by atoms with Gasteiger partial charge < -0.3 is 15.6 Å². The molecule has 1 atom stereocenters. The molecule has 0 saturated carbocycles. The van der Waals surface area contributed by atoms with Crippen molar-refractivity contribution in [2.75, 3.05) is 32.0 Å². The molecule has 1 unspecified atom stereocenters. The van der Waals surface area contributed by atoms with Crippen LogP contribution in [0.5, 0.6) is 0 Å². The molecule has 1 aliphatic heterocycles. The number of nitrogens with zero attached hydrogens (tertiary/aromatic N) is 1. The highest BCUT2D eigenvalue weighted by Crippen LogP contribution is 2.26. The maximum atomic E-state index is 12.6. The van der Waals surface area contributed by atoms with Gasteiger partial charge in [-0.2, -0.15) is 4.31 Å². The fourth-order valence-electron chi connectivity index (χ4n) is 2.20. The predicted octanol–water partition coefficient (Wildman–Crippen LogP) is 0.267. The minimum Gasteiger partial charge on any atom is -0.398 e. The average molecular weight is 300 g/mol. The monoisotopic (exact) mass is 300 g/mol. The zero-order valence-corrected chi connectivity index (χ0v) is 12.5. The van der Waals surface area contributed by atoms with E-state index in [1.807, 2.05) is 13.8 Å². The molecule has 6 nitrogen and oxygen atoms in total. The van der Waals surface area contributed by atoms with Crippen LogP contribution in [0.4, 0.5) is 5.69 Å². The van der Waals surface area contributed by atoms with Gasteiger partial charge in [-0.15, -0.1) is 0 Å². The molecule has 1 aliphatic rings. The van der Waals surface area contributed by atoms with Crippen molar-refractivity contribution in [3.63, 3.8) is 0 Å². The molecule has 112 valence electrons. The fourth-order valence-corrected chi connectivity index (χ4v) is 3.83. The van der Waals surface area contributed by atoms with Crippen LogP contribution < -0.4 is 5.73 Å². The van der Waals surface area contributed by atoms with Crippen molar-refractivity contribution >= 4 is 15.7 Å². The van der Waals surface area contributed by atoms with Gasteiger partial charge in [-0.05, 0) is 37.1 Å². The second-order valence-corrected chi connectivity index (χ2v) is 6.92. The van der Waals surface area contributed by atoms with Gasteiger partial charge in [0.05, 0.1) is 25.0 Å². The number of nitrogens with two attached hydrogens (primary N) is 1. The molecule has 20 heavy (non-hydrogen) atoms. The lowest BCUT2D eigenvalue weighted by Gasteiger charge is -2.31. The van der Waals surface area contributed by atoms with E-state index in [-0.39, 0.29) is 36.9 Å². The molecule has 0 aliphatic carbocycles. The zero-order valence-electron chi connectivity index (χ0n) is 11.7. The van der Waals surface area contributed by atoms with Gasteiger partial charge >= 0.3 is 0 Å². The van der Waals surface area contributed by atoms with Gasteiger partial charge in [0.2, 0.25) is 10.0 Å². The summed E-state index contributed by atoms with van der Waals surface area (Å²) in [5.74, 6) is 0. The molecule has 1 aromatic rings. The molecule has 3 N–H and O–H groups in total. The molecule has 0 amide bonds. The van der Waals surface area contributed by atoms with E-state index in [9.17, 15) is 8.42 Å². The molecule has 0 aromatic heterocycles. The lowest BCUT2D eigenvalue weighted by Crippen LogP contribution is -2.46.